The van der Waals surface area contributed by atoms with E-state index < -0.39 is 0 Å². The highest BCUT2D eigenvalue weighted by molar-refractivity contribution is 9.08. The zero-order chi connectivity index (χ0) is 11.8. The van der Waals surface area contributed by atoms with E-state index in [-0.39, 0.29) is 0 Å². The smallest absolute Gasteiger partial charge is 0.123 e. The Kier molecular flexibility index (Phi) is 6.85. The summed E-state index contributed by atoms with van der Waals surface area (Å²) in [6.45, 7) is 1.50. The van der Waals surface area contributed by atoms with Crippen LogP contribution in [0.1, 0.15) is 18.4 Å². The molecule has 0 radical (unpaired) electrons. The van der Waals surface area contributed by atoms with E-state index >= 15 is 0 Å². The average molecular weight is 308 g/mol. The molecule has 0 fully saturated rings. The zero-order valence-electron chi connectivity index (χ0n) is 9.34. The number of ether oxygens (including phenoxy) is 2. The summed E-state index contributed by atoms with van der Waals surface area (Å²) in [6, 6.07) is 5.67. The van der Waals surface area contributed by atoms with Gasteiger partial charge < -0.3 is 9.47 Å². The molecule has 0 amide bonds. The van der Waals surface area contributed by atoms with Crippen LogP contribution in [-0.4, -0.2) is 20.3 Å². The molecule has 0 atom stereocenters. The van der Waals surface area contributed by atoms with Crippen molar-refractivity contribution in [2.45, 2.75) is 18.2 Å². The van der Waals surface area contributed by atoms with Crippen molar-refractivity contribution < 1.29 is 9.47 Å². The average Bonchev–Trinajstić information content (AvgIpc) is 2.30. The van der Waals surface area contributed by atoms with Gasteiger partial charge >= 0.3 is 0 Å². The molecule has 0 aromatic heterocycles. The van der Waals surface area contributed by atoms with Crippen LogP contribution in [-0.2, 0) is 10.1 Å². The summed E-state index contributed by atoms with van der Waals surface area (Å²) in [4.78, 5) is 0. The quantitative estimate of drug-likeness (QED) is 0.559. The number of hydrogen-bond donors (Lipinski definition) is 0. The minimum Gasteiger partial charge on any atom is -0.493 e. The first kappa shape index (κ1) is 13.8. The van der Waals surface area contributed by atoms with Crippen molar-refractivity contribution >= 4 is 27.5 Å². The summed E-state index contributed by atoms with van der Waals surface area (Å²) in [5.41, 5.74) is 1.08. The van der Waals surface area contributed by atoms with Crippen LogP contribution in [0.4, 0.5) is 0 Å². The van der Waals surface area contributed by atoms with Gasteiger partial charge in [0.25, 0.3) is 0 Å². The Bertz CT molecular complexity index is 318. The third-order valence-electron chi connectivity index (χ3n) is 2.17. The second-order valence-electron chi connectivity index (χ2n) is 3.43. The van der Waals surface area contributed by atoms with Gasteiger partial charge in [-0.3, -0.25) is 0 Å². The number of unbranched alkanes of at least 4 members (excludes halogenated alkanes) is 1. The van der Waals surface area contributed by atoms with Crippen LogP contribution >= 0.6 is 27.5 Å². The fourth-order valence-electron chi connectivity index (χ4n) is 1.32. The van der Waals surface area contributed by atoms with Gasteiger partial charge in [-0.2, -0.15) is 0 Å². The molecular formula is C12H16BrClO2. The molecule has 0 saturated heterocycles. The van der Waals surface area contributed by atoms with Gasteiger partial charge in [0.2, 0.25) is 0 Å². The van der Waals surface area contributed by atoms with Gasteiger partial charge in [0.05, 0.1) is 6.61 Å². The van der Waals surface area contributed by atoms with E-state index in [2.05, 4.69) is 15.9 Å². The standard InChI is InChI=1S/C12H16BrClO2/c1-15-6-2-3-7-16-12-5-4-11(14)8-10(12)9-13/h4-5,8H,2-3,6-7,9H2,1H3. The first-order valence-electron chi connectivity index (χ1n) is 5.24. The minimum absolute atomic E-state index is 0.713. The summed E-state index contributed by atoms with van der Waals surface area (Å²) in [5, 5.41) is 1.49. The van der Waals surface area contributed by atoms with Gasteiger partial charge in [-0.1, -0.05) is 27.5 Å². The van der Waals surface area contributed by atoms with Crippen molar-refractivity contribution in [3.05, 3.63) is 28.8 Å². The largest absolute Gasteiger partial charge is 0.493 e. The Morgan fingerprint density at radius 1 is 1.25 bits per heavy atom. The Morgan fingerprint density at radius 3 is 2.69 bits per heavy atom. The van der Waals surface area contributed by atoms with Crippen LogP contribution < -0.4 is 4.74 Å². The normalized spacial score (nSPS) is 10.4. The van der Waals surface area contributed by atoms with Crippen LogP contribution in [0, 0.1) is 0 Å². The molecule has 0 unspecified atom stereocenters. The maximum absolute atomic E-state index is 5.91. The number of methoxy groups -OCH3 is 1. The Labute approximate surface area is 110 Å². The van der Waals surface area contributed by atoms with Crippen molar-refractivity contribution in [3.8, 4) is 5.75 Å². The molecule has 0 aliphatic rings. The van der Waals surface area contributed by atoms with Crippen molar-refractivity contribution in [2.24, 2.45) is 0 Å². The third-order valence-corrected chi connectivity index (χ3v) is 3.01. The van der Waals surface area contributed by atoms with Crippen LogP contribution in [0.25, 0.3) is 0 Å². The minimum atomic E-state index is 0.713. The van der Waals surface area contributed by atoms with E-state index in [1.54, 1.807) is 7.11 Å². The highest BCUT2D eigenvalue weighted by atomic mass is 79.9. The van der Waals surface area contributed by atoms with Crippen LogP contribution in [0.5, 0.6) is 5.75 Å². The number of halogens is 2. The van der Waals surface area contributed by atoms with Gasteiger partial charge in [-0.25, -0.2) is 0 Å². The first-order chi connectivity index (χ1) is 7.77. The summed E-state index contributed by atoms with van der Waals surface area (Å²) < 4.78 is 10.7. The molecule has 16 heavy (non-hydrogen) atoms. The molecule has 2 nitrogen and oxygen atoms in total. The summed E-state index contributed by atoms with van der Waals surface area (Å²) in [5.74, 6) is 0.902. The lowest BCUT2D eigenvalue weighted by atomic mass is 10.2. The fraction of sp³-hybridized carbons (Fsp3) is 0.500. The second-order valence-corrected chi connectivity index (χ2v) is 4.43. The van der Waals surface area contributed by atoms with Crippen LogP contribution in [0.15, 0.2) is 18.2 Å². The van der Waals surface area contributed by atoms with Crippen molar-refractivity contribution in [1.82, 2.24) is 0 Å². The molecule has 1 aromatic carbocycles. The molecule has 90 valence electrons. The molecule has 0 spiro atoms. The Morgan fingerprint density at radius 2 is 2.00 bits per heavy atom. The highest BCUT2D eigenvalue weighted by Gasteiger charge is 2.03. The molecule has 1 aromatic rings. The molecule has 0 heterocycles. The molecule has 0 aliphatic carbocycles. The molecule has 4 heteroatoms. The van der Waals surface area contributed by atoms with E-state index in [4.69, 9.17) is 21.1 Å². The summed E-state index contributed by atoms with van der Waals surface area (Å²) in [6.07, 6.45) is 2.02. The molecular weight excluding hydrogens is 291 g/mol. The molecule has 0 aliphatic heterocycles. The number of rotatable bonds is 7. The van der Waals surface area contributed by atoms with Crippen molar-refractivity contribution in [2.75, 3.05) is 20.3 Å². The first-order valence-corrected chi connectivity index (χ1v) is 6.74. The van der Waals surface area contributed by atoms with Gasteiger partial charge in [0.15, 0.2) is 0 Å². The summed E-state index contributed by atoms with van der Waals surface area (Å²) >= 11 is 9.32. The van der Waals surface area contributed by atoms with Gasteiger partial charge in [0.1, 0.15) is 5.75 Å². The predicted octanol–water partition coefficient (Wildman–Crippen LogP) is 4.04. The lowest BCUT2D eigenvalue weighted by molar-refractivity contribution is 0.184. The molecule has 0 bridgehead atoms. The lowest BCUT2D eigenvalue weighted by Crippen LogP contribution is -2.01. The Balaban J connectivity index is 2.41. The maximum Gasteiger partial charge on any atom is 0.123 e. The molecule has 0 N–H and O–H groups in total. The van der Waals surface area contributed by atoms with Gasteiger partial charge in [-0.05, 0) is 31.0 Å². The number of benzene rings is 1. The van der Waals surface area contributed by atoms with E-state index in [1.807, 2.05) is 18.2 Å². The van der Waals surface area contributed by atoms with E-state index in [0.717, 1.165) is 41.1 Å². The number of hydrogen-bond acceptors (Lipinski definition) is 2. The van der Waals surface area contributed by atoms with E-state index in [1.165, 1.54) is 0 Å². The SMILES string of the molecule is COCCCCOc1ccc(Cl)cc1CBr. The second kappa shape index (κ2) is 7.93. The van der Waals surface area contributed by atoms with E-state index in [0.29, 0.717) is 6.61 Å². The Hall–Kier alpha value is -0.250. The predicted molar refractivity (Wildman–Crippen MR) is 70.7 cm³/mol. The maximum atomic E-state index is 5.91. The zero-order valence-corrected chi connectivity index (χ0v) is 11.7. The van der Waals surface area contributed by atoms with Gasteiger partial charge in [0, 0.05) is 29.6 Å². The van der Waals surface area contributed by atoms with Crippen LogP contribution in [0.3, 0.4) is 0 Å². The third kappa shape index (κ3) is 4.73. The van der Waals surface area contributed by atoms with Crippen LogP contribution in [0.2, 0.25) is 5.02 Å². The van der Waals surface area contributed by atoms with E-state index in [9.17, 15) is 0 Å². The van der Waals surface area contributed by atoms with Crippen molar-refractivity contribution in [3.63, 3.8) is 0 Å². The van der Waals surface area contributed by atoms with Gasteiger partial charge in [-0.15, -0.1) is 0 Å². The fourth-order valence-corrected chi connectivity index (χ4v) is 1.96. The molecule has 1 rings (SSSR count). The highest BCUT2D eigenvalue weighted by Crippen LogP contribution is 2.25. The lowest BCUT2D eigenvalue weighted by Gasteiger charge is -2.10. The van der Waals surface area contributed by atoms with Crippen molar-refractivity contribution in [1.29, 1.82) is 0 Å². The monoisotopic (exact) mass is 306 g/mol. The number of alkyl halides is 1. The topological polar surface area (TPSA) is 18.5 Å². The summed E-state index contributed by atoms with van der Waals surface area (Å²) in [7, 11) is 1.71. The molecule has 0 saturated carbocycles.